The van der Waals surface area contributed by atoms with E-state index in [4.69, 9.17) is 11.6 Å². The highest BCUT2D eigenvalue weighted by atomic mass is 35.5. The van der Waals surface area contributed by atoms with E-state index in [1.807, 2.05) is 26.0 Å². The van der Waals surface area contributed by atoms with Crippen LogP contribution in [0.25, 0.3) is 0 Å². The lowest BCUT2D eigenvalue weighted by molar-refractivity contribution is -0.119. The molecule has 0 saturated carbocycles. The Hall–Kier alpha value is -4.47. The maximum atomic E-state index is 13.7. The number of nitrogens with one attached hydrogen (secondary N) is 2. The summed E-state index contributed by atoms with van der Waals surface area (Å²) < 4.78 is 28.6. The van der Waals surface area contributed by atoms with Crippen LogP contribution >= 0.6 is 11.6 Å². The summed E-state index contributed by atoms with van der Waals surface area (Å²) >= 11 is 6.00. The van der Waals surface area contributed by atoms with Gasteiger partial charge in [0.05, 0.1) is 16.3 Å². The molecule has 0 radical (unpaired) electrons. The number of hydrogen-bond acceptors (Lipinski definition) is 5. The number of hydrazone groups is 1. The van der Waals surface area contributed by atoms with Crippen molar-refractivity contribution in [2.24, 2.45) is 5.10 Å². The normalized spacial score (nSPS) is 11.6. The Balaban J connectivity index is 1.53. The topological polar surface area (TPSA) is 108 Å². The number of carbonyl (C=O) groups excluding carboxylic acids is 2. The number of para-hydroxylation sites is 1. The highest BCUT2D eigenvalue weighted by molar-refractivity contribution is 7.92. The van der Waals surface area contributed by atoms with E-state index in [2.05, 4.69) is 15.8 Å². The Morgan fingerprint density at radius 1 is 0.881 bits per heavy atom. The summed E-state index contributed by atoms with van der Waals surface area (Å²) in [7, 11) is -4.06. The molecule has 4 aromatic rings. The average Bonchev–Trinajstić information content (AvgIpc) is 2.99. The molecule has 4 aromatic carbocycles. The second kappa shape index (κ2) is 13.5. The van der Waals surface area contributed by atoms with Gasteiger partial charge in [0.15, 0.2) is 0 Å². The van der Waals surface area contributed by atoms with Crippen molar-refractivity contribution in [3.8, 4) is 0 Å². The number of carbonyl (C=O) groups is 2. The predicted molar refractivity (Wildman–Crippen MR) is 168 cm³/mol. The fourth-order valence-electron chi connectivity index (χ4n) is 4.22. The Morgan fingerprint density at radius 3 is 2.29 bits per heavy atom. The summed E-state index contributed by atoms with van der Waals surface area (Å²) in [6.07, 6.45) is 0.583. The van der Waals surface area contributed by atoms with E-state index in [0.717, 1.165) is 15.4 Å². The van der Waals surface area contributed by atoms with Crippen molar-refractivity contribution in [3.63, 3.8) is 0 Å². The van der Waals surface area contributed by atoms with Gasteiger partial charge >= 0.3 is 0 Å². The first-order chi connectivity index (χ1) is 20.1. The second-order valence-electron chi connectivity index (χ2n) is 9.58. The van der Waals surface area contributed by atoms with Crippen LogP contribution < -0.4 is 15.0 Å². The molecule has 0 atom stereocenters. The van der Waals surface area contributed by atoms with Crippen molar-refractivity contribution in [1.29, 1.82) is 0 Å². The first-order valence-electron chi connectivity index (χ1n) is 13.3. The molecule has 8 nitrogen and oxygen atoms in total. The van der Waals surface area contributed by atoms with E-state index in [0.29, 0.717) is 39.7 Å². The molecule has 0 aliphatic carbocycles. The van der Waals surface area contributed by atoms with E-state index in [9.17, 15) is 18.0 Å². The molecule has 10 heteroatoms. The molecule has 42 heavy (non-hydrogen) atoms. The third-order valence-corrected chi connectivity index (χ3v) is 8.52. The molecule has 0 spiro atoms. The van der Waals surface area contributed by atoms with Gasteiger partial charge in [0.1, 0.15) is 6.54 Å². The fourth-order valence-corrected chi connectivity index (χ4v) is 5.87. The molecule has 0 unspecified atom stereocenters. The van der Waals surface area contributed by atoms with Crippen LogP contribution in [-0.2, 0) is 21.2 Å². The average molecular weight is 603 g/mol. The summed E-state index contributed by atoms with van der Waals surface area (Å²) in [5.41, 5.74) is 6.69. The summed E-state index contributed by atoms with van der Waals surface area (Å²) in [5.74, 6) is -0.930. The molecule has 0 aliphatic heterocycles. The highest BCUT2D eigenvalue weighted by Gasteiger charge is 2.28. The number of nitrogens with zero attached hydrogens (tertiary/aromatic N) is 2. The summed E-state index contributed by atoms with van der Waals surface area (Å²) in [4.78, 5) is 25.8. The molecular formula is C32H31ClN4O4S. The van der Waals surface area contributed by atoms with Crippen molar-refractivity contribution in [2.45, 2.75) is 32.1 Å². The molecule has 0 aromatic heterocycles. The van der Waals surface area contributed by atoms with Crippen LogP contribution in [-0.4, -0.2) is 32.5 Å². The first kappa shape index (κ1) is 30.5. The number of anilines is 2. The van der Waals surface area contributed by atoms with E-state index in [1.165, 1.54) is 12.1 Å². The van der Waals surface area contributed by atoms with Gasteiger partial charge in [0.25, 0.3) is 21.8 Å². The Kier molecular flexibility index (Phi) is 9.77. The summed E-state index contributed by atoms with van der Waals surface area (Å²) in [6.45, 7) is 5.02. The molecule has 0 bridgehead atoms. The molecular weight excluding hydrogens is 572 g/mol. The maximum absolute atomic E-state index is 13.7. The Labute approximate surface area is 251 Å². The first-order valence-corrected chi connectivity index (χ1v) is 15.1. The van der Waals surface area contributed by atoms with Gasteiger partial charge in [0.2, 0.25) is 0 Å². The van der Waals surface area contributed by atoms with E-state index in [1.54, 1.807) is 79.7 Å². The largest absolute Gasteiger partial charge is 0.322 e. The van der Waals surface area contributed by atoms with Gasteiger partial charge in [-0.2, -0.15) is 5.10 Å². The van der Waals surface area contributed by atoms with Gasteiger partial charge < -0.3 is 5.32 Å². The molecule has 2 N–H and O–H groups in total. The predicted octanol–water partition coefficient (Wildman–Crippen LogP) is 6.20. The highest BCUT2D eigenvalue weighted by Crippen LogP contribution is 2.27. The number of sulfonamides is 1. The van der Waals surface area contributed by atoms with E-state index < -0.39 is 22.5 Å². The number of amides is 2. The zero-order valence-electron chi connectivity index (χ0n) is 23.5. The van der Waals surface area contributed by atoms with Gasteiger partial charge in [0, 0.05) is 16.3 Å². The van der Waals surface area contributed by atoms with Crippen LogP contribution in [0, 0.1) is 6.92 Å². The Morgan fingerprint density at radius 2 is 1.57 bits per heavy atom. The number of rotatable bonds is 10. The van der Waals surface area contributed by atoms with Crippen LogP contribution in [0.4, 0.5) is 11.4 Å². The zero-order chi connectivity index (χ0) is 30.3. The van der Waals surface area contributed by atoms with E-state index in [-0.39, 0.29) is 10.8 Å². The molecule has 0 aliphatic rings. The number of aryl methyl sites for hydroxylation is 2. The molecule has 2 amide bonds. The SMILES string of the molecule is CCc1ccccc1N(CC(=O)N/N=C(\C)c1cccc(NC(=O)c2cccc(Cl)c2)c1)S(=O)(=O)c1ccc(C)cc1. The van der Waals surface area contributed by atoms with Crippen LogP contribution in [0.5, 0.6) is 0 Å². The van der Waals surface area contributed by atoms with Gasteiger partial charge in [-0.3, -0.25) is 13.9 Å². The van der Waals surface area contributed by atoms with Crippen LogP contribution in [0.1, 0.15) is 40.9 Å². The molecule has 216 valence electrons. The molecule has 0 fully saturated rings. The van der Waals surface area contributed by atoms with Crippen molar-refractivity contribution in [2.75, 3.05) is 16.2 Å². The van der Waals surface area contributed by atoms with Gasteiger partial charge in [-0.05, 0) is 79.9 Å². The van der Waals surface area contributed by atoms with Crippen molar-refractivity contribution in [3.05, 3.63) is 124 Å². The standard InChI is InChI=1S/C32H31ClN4O4S/c1-4-24-9-5-6-14-30(24)37(42(40,41)29-17-15-22(2)16-18-29)21-31(38)36-35-23(3)25-10-8-13-28(20-25)34-32(39)26-11-7-12-27(33)19-26/h5-20H,4,21H2,1-3H3,(H,34,39)(H,36,38)/b35-23+. The smallest absolute Gasteiger partial charge is 0.264 e. The third-order valence-electron chi connectivity index (χ3n) is 6.51. The lowest BCUT2D eigenvalue weighted by Crippen LogP contribution is -2.40. The minimum Gasteiger partial charge on any atom is -0.322 e. The fraction of sp³-hybridized carbons (Fsp3) is 0.156. The monoisotopic (exact) mass is 602 g/mol. The molecule has 0 heterocycles. The van der Waals surface area contributed by atoms with Crippen LogP contribution in [0.15, 0.2) is 107 Å². The Bertz CT molecular complexity index is 1740. The minimum atomic E-state index is -4.06. The summed E-state index contributed by atoms with van der Waals surface area (Å²) in [5, 5.41) is 7.49. The second-order valence-corrected chi connectivity index (χ2v) is 11.9. The molecule has 0 saturated heterocycles. The number of hydrogen-bond donors (Lipinski definition) is 2. The lowest BCUT2D eigenvalue weighted by atomic mass is 10.1. The van der Waals surface area contributed by atoms with Crippen LogP contribution in [0.2, 0.25) is 5.02 Å². The van der Waals surface area contributed by atoms with Crippen molar-refractivity contribution >= 4 is 50.5 Å². The van der Waals surface area contributed by atoms with Crippen molar-refractivity contribution < 1.29 is 18.0 Å². The zero-order valence-corrected chi connectivity index (χ0v) is 25.0. The van der Waals surface area contributed by atoms with Crippen molar-refractivity contribution in [1.82, 2.24) is 5.43 Å². The minimum absolute atomic E-state index is 0.0862. The van der Waals surface area contributed by atoms with Gasteiger partial charge in [-0.25, -0.2) is 13.8 Å². The third kappa shape index (κ3) is 7.43. The summed E-state index contributed by atoms with van der Waals surface area (Å²) in [6, 6.07) is 27.2. The van der Waals surface area contributed by atoms with E-state index >= 15 is 0 Å². The van der Waals surface area contributed by atoms with Gasteiger partial charge in [-0.1, -0.05) is 72.6 Å². The van der Waals surface area contributed by atoms with Crippen LogP contribution in [0.3, 0.4) is 0 Å². The number of halogens is 1. The maximum Gasteiger partial charge on any atom is 0.264 e. The number of benzene rings is 4. The van der Waals surface area contributed by atoms with Gasteiger partial charge in [-0.15, -0.1) is 0 Å². The quantitative estimate of drug-likeness (QED) is 0.166. The molecule has 4 rings (SSSR count). The lowest BCUT2D eigenvalue weighted by Gasteiger charge is -2.26.